The van der Waals surface area contributed by atoms with Crippen molar-refractivity contribution in [1.29, 1.82) is 0 Å². The van der Waals surface area contributed by atoms with Crippen molar-refractivity contribution in [2.24, 2.45) is 0 Å². The Morgan fingerprint density at radius 2 is 1.07 bits per heavy atom. The molecule has 0 bridgehead atoms. The number of rotatable bonds is 8. The predicted octanol–water partition coefficient (Wildman–Crippen LogP) is 0.263. The topological polar surface area (TPSA) is 264 Å². The second-order valence-corrected chi connectivity index (χ2v) is 13.0. The van der Waals surface area contributed by atoms with E-state index in [1.807, 2.05) is 0 Å². The number of aliphatic hydroxyl groups is 4. The van der Waals surface area contributed by atoms with Crippen LogP contribution in [0.2, 0.25) is 0 Å². The molecule has 0 aliphatic carbocycles. The van der Waals surface area contributed by atoms with Crippen LogP contribution >= 0.6 is 0 Å². The van der Waals surface area contributed by atoms with Crippen LogP contribution in [0.1, 0.15) is 33.2 Å². The van der Waals surface area contributed by atoms with E-state index in [4.69, 9.17) is 38.6 Å². The molecule has 6 heterocycles. The van der Waals surface area contributed by atoms with E-state index in [2.05, 4.69) is 20.6 Å². The van der Waals surface area contributed by atoms with Crippen molar-refractivity contribution < 1.29 is 76.0 Å². The molecule has 0 radical (unpaired) electrons. The van der Waals surface area contributed by atoms with Gasteiger partial charge in [0.2, 0.25) is 19.2 Å². The summed E-state index contributed by atoms with van der Waals surface area (Å²) in [5.74, 6) is -7.42. The highest BCUT2D eigenvalue weighted by Crippen LogP contribution is 2.43. The number of halogens is 4. The third-order valence-electron chi connectivity index (χ3n) is 9.21. The Hall–Kier alpha value is -6.18. The summed E-state index contributed by atoms with van der Waals surface area (Å²) in [5.41, 5.74) is -1.85. The number of aliphatic hydroxyl groups excluding tert-OH is 4. The number of aromatic nitrogens is 4. The Morgan fingerprint density at radius 3 is 1.49 bits per heavy atom. The zero-order valence-electron chi connectivity index (χ0n) is 29.9. The van der Waals surface area contributed by atoms with E-state index < -0.39 is 85.1 Å². The number of carbonyl (C=O) groups is 2. The smallest absolute Gasteiger partial charge is 0.351 e. The number of benzene rings is 2. The lowest BCUT2D eigenvalue weighted by atomic mass is 10.1. The van der Waals surface area contributed by atoms with Crippen LogP contribution in [-0.4, -0.2) is 121 Å². The maximum Gasteiger partial charge on any atom is 0.351 e. The quantitative estimate of drug-likeness (QED) is 0.130. The molecule has 2 saturated heterocycles. The Balaban J connectivity index is 0.000000179. The molecule has 2 aromatic heterocycles. The Labute approximate surface area is 327 Å². The number of nitrogens with zero attached hydrogens (tertiary/aromatic N) is 4. The van der Waals surface area contributed by atoms with Crippen molar-refractivity contribution in [2.45, 2.75) is 48.7 Å². The zero-order valence-corrected chi connectivity index (χ0v) is 29.9. The summed E-state index contributed by atoms with van der Waals surface area (Å²) >= 11 is 0. The molecule has 6 N–H and O–H groups in total. The van der Waals surface area contributed by atoms with Crippen LogP contribution in [0, 0.1) is 0 Å². The minimum absolute atomic E-state index is 0.0416. The zero-order chi connectivity index (χ0) is 42.2. The van der Waals surface area contributed by atoms with Crippen molar-refractivity contribution in [3.63, 3.8) is 0 Å². The van der Waals surface area contributed by atoms with Crippen molar-refractivity contribution in [3.05, 3.63) is 93.0 Å². The van der Waals surface area contributed by atoms with Gasteiger partial charge in [-0.05, 0) is 48.5 Å². The maximum absolute atomic E-state index is 14.2. The van der Waals surface area contributed by atoms with Gasteiger partial charge in [-0.2, -0.15) is 27.5 Å². The van der Waals surface area contributed by atoms with E-state index in [-0.39, 0.29) is 29.6 Å². The van der Waals surface area contributed by atoms with Crippen molar-refractivity contribution >= 4 is 23.5 Å². The molecule has 0 spiro atoms. The number of nitrogens with one attached hydrogen (secondary N) is 2. The lowest BCUT2D eigenvalue weighted by Gasteiger charge is -2.21. The van der Waals surface area contributed by atoms with Crippen LogP contribution in [0.15, 0.2) is 70.5 Å². The molecule has 59 heavy (non-hydrogen) atoms. The van der Waals surface area contributed by atoms with Crippen molar-refractivity contribution in [3.8, 4) is 23.0 Å². The van der Waals surface area contributed by atoms with E-state index in [1.165, 1.54) is 24.3 Å². The van der Waals surface area contributed by atoms with E-state index >= 15 is 0 Å². The fourth-order valence-corrected chi connectivity index (χ4v) is 6.16. The Morgan fingerprint density at radius 1 is 0.661 bits per heavy atom. The van der Waals surface area contributed by atoms with Gasteiger partial charge in [0.15, 0.2) is 35.2 Å². The first-order chi connectivity index (χ1) is 28.1. The van der Waals surface area contributed by atoms with Crippen LogP contribution in [0.4, 0.5) is 29.2 Å². The van der Waals surface area contributed by atoms with Gasteiger partial charge in [0.1, 0.15) is 37.1 Å². The number of hydrogen-bond acceptors (Lipinski definition) is 16. The van der Waals surface area contributed by atoms with Crippen molar-refractivity contribution in [1.82, 2.24) is 19.1 Å². The average Bonchev–Trinajstić information content (AvgIpc) is 3.85. The first-order valence-electron chi connectivity index (χ1n) is 17.4. The van der Waals surface area contributed by atoms with Gasteiger partial charge in [-0.25, -0.2) is 9.59 Å². The van der Waals surface area contributed by atoms with Crippen LogP contribution < -0.4 is 41.0 Å². The molecule has 20 nitrogen and oxygen atoms in total. The summed E-state index contributed by atoms with van der Waals surface area (Å²) in [5, 5.41) is 42.0. The first-order valence-corrected chi connectivity index (χ1v) is 17.4. The third-order valence-corrected chi connectivity index (χ3v) is 9.21. The predicted molar refractivity (Wildman–Crippen MR) is 187 cm³/mol. The minimum Gasteiger partial charge on any atom is -0.486 e. The molecular formula is C35H32F4N6O14. The van der Waals surface area contributed by atoms with Crippen LogP contribution in [-0.2, 0) is 9.47 Å². The molecule has 4 aromatic rings. The highest BCUT2D eigenvalue weighted by Gasteiger charge is 2.60. The summed E-state index contributed by atoms with van der Waals surface area (Å²) in [6, 6.07) is 11.3. The second-order valence-electron chi connectivity index (χ2n) is 13.0. The summed E-state index contributed by atoms with van der Waals surface area (Å²) in [4.78, 5) is 56.3. The minimum atomic E-state index is -3.82. The maximum atomic E-state index is 14.2. The van der Waals surface area contributed by atoms with Gasteiger partial charge in [-0.15, -0.1) is 0 Å². The lowest BCUT2D eigenvalue weighted by Crippen LogP contribution is -2.41. The standard InChI is InChI=1S/C18H17F2N3O7.C17H15F2N3O7/c19-18(20)14(25)12(8-24)30-16(18)23-4-3-13(22-17(23)27)21-15(26)9-1-2-10-11(7-9)29-6-5-28-10;18-17(19)13(24)11(6-23)29-15(17)22-4-3-12(21-16(22)26)20-14(25)8-1-2-9-10(5-8)28-7-27-9/h1-4,7,12,14,16,24-25H,5-6,8H2,(H,21,22,26,27);1-5,11,13,15,23-24H,6-7H2,(H,20,21,25,26)/t12-,14-,16?;11-,13-,15?/m11/s1. The molecule has 2 amide bonds. The Bertz CT molecular complexity index is 2370. The number of ether oxygens (including phenoxy) is 6. The number of alkyl halides is 4. The van der Waals surface area contributed by atoms with Gasteiger partial charge in [0, 0.05) is 23.5 Å². The Kier molecular flexibility index (Phi) is 11.3. The average molecular weight is 837 g/mol. The fraction of sp³-hybridized carbons (Fsp3) is 0.371. The van der Waals surface area contributed by atoms with E-state index in [0.717, 1.165) is 24.5 Å². The summed E-state index contributed by atoms with van der Waals surface area (Å²) < 4.78 is 88.7. The van der Waals surface area contributed by atoms with Crippen LogP contribution in [0.5, 0.6) is 23.0 Å². The number of fused-ring (bicyclic) bond motifs is 2. The lowest BCUT2D eigenvalue weighted by molar-refractivity contribution is -0.141. The highest BCUT2D eigenvalue weighted by molar-refractivity contribution is 6.04. The fourth-order valence-electron chi connectivity index (χ4n) is 6.16. The SMILES string of the molecule is O=C(Nc1ccn(C2O[C@H](CO)[C@@H](O)C2(F)F)c(=O)n1)c1ccc2c(c1)OCCO2.O=C(Nc1ccn(C2O[C@H](CO)[C@@H](O)C2(F)F)c(=O)n1)c1ccc2c(c1)OCO2. The van der Waals surface area contributed by atoms with Gasteiger partial charge in [0.05, 0.1) is 13.2 Å². The largest absolute Gasteiger partial charge is 0.486 e. The normalized spacial score (nSPS) is 24.5. The van der Waals surface area contributed by atoms with Gasteiger partial charge in [-0.1, -0.05) is 0 Å². The second kappa shape index (κ2) is 16.2. The van der Waals surface area contributed by atoms with Gasteiger partial charge >= 0.3 is 23.2 Å². The summed E-state index contributed by atoms with van der Waals surface area (Å²) in [6.07, 6.45) is -10.0. The molecule has 2 unspecified atom stereocenters. The highest BCUT2D eigenvalue weighted by atomic mass is 19.3. The number of anilines is 2. The first kappa shape index (κ1) is 41.0. The van der Waals surface area contributed by atoms with Gasteiger partial charge in [-0.3, -0.25) is 18.7 Å². The van der Waals surface area contributed by atoms with Gasteiger partial charge < -0.3 is 59.5 Å². The van der Waals surface area contributed by atoms with Crippen LogP contribution in [0.25, 0.3) is 0 Å². The molecule has 0 saturated carbocycles. The molecule has 314 valence electrons. The van der Waals surface area contributed by atoms with Crippen molar-refractivity contribution in [2.75, 3.05) is 43.9 Å². The third kappa shape index (κ3) is 8.00. The van der Waals surface area contributed by atoms with E-state index in [0.29, 0.717) is 45.3 Å². The molecule has 2 fully saturated rings. The molecule has 6 atom stereocenters. The number of hydrogen-bond donors (Lipinski definition) is 6. The monoisotopic (exact) mass is 836 g/mol. The van der Waals surface area contributed by atoms with Crippen LogP contribution in [0.3, 0.4) is 0 Å². The molecule has 24 heteroatoms. The molecule has 8 rings (SSSR count). The van der Waals surface area contributed by atoms with E-state index in [1.54, 1.807) is 12.1 Å². The van der Waals surface area contributed by atoms with Gasteiger partial charge in [0.25, 0.3) is 11.8 Å². The summed E-state index contributed by atoms with van der Waals surface area (Å²) in [6.45, 7) is -0.908. The molecular weight excluding hydrogens is 804 g/mol. The number of carbonyl (C=O) groups excluding carboxylic acids is 2. The summed E-state index contributed by atoms with van der Waals surface area (Å²) in [7, 11) is 0. The molecule has 4 aliphatic rings. The molecule has 4 aliphatic heterocycles. The molecule has 2 aromatic carbocycles. The number of amides is 2. The van der Waals surface area contributed by atoms with E-state index in [9.17, 15) is 47.0 Å².